The fourth-order valence-electron chi connectivity index (χ4n) is 6.66. The number of nitrogens with one attached hydrogen (secondary N) is 1. The molecule has 1 N–H and O–H groups in total. The maximum absolute atomic E-state index is 14.0. The summed E-state index contributed by atoms with van der Waals surface area (Å²) >= 11 is 1.13. The van der Waals surface area contributed by atoms with E-state index in [2.05, 4.69) is 44.0 Å². The minimum atomic E-state index is -3.71. The molecule has 1 amide bonds. The summed E-state index contributed by atoms with van der Waals surface area (Å²) in [6, 6.07) is 17.5. The number of fused-ring (bicyclic) bond motifs is 2. The quantitative estimate of drug-likeness (QED) is 0.214. The van der Waals surface area contributed by atoms with Crippen LogP contribution in [0.4, 0.5) is 5.13 Å². The van der Waals surface area contributed by atoms with E-state index in [1.165, 1.54) is 6.33 Å². The smallest absolute Gasteiger partial charge is 0.243 e. The summed E-state index contributed by atoms with van der Waals surface area (Å²) in [5.41, 5.74) is 6.31. The molecule has 10 nitrogen and oxygen atoms in total. The van der Waals surface area contributed by atoms with Crippen molar-refractivity contribution < 1.29 is 13.2 Å². The van der Waals surface area contributed by atoms with E-state index in [1.54, 1.807) is 16.4 Å². The number of hydrogen-bond donors (Lipinski definition) is 1. The lowest BCUT2D eigenvalue weighted by atomic mass is 9.69. The molecule has 3 aromatic carbocycles. The molecule has 1 aliphatic rings. The molecule has 0 radical (unpaired) electrons. The van der Waals surface area contributed by atoms with Crippen molar-refractivity contribution in [2.45, 2.75) is 71.9 Å². The van der Waals surface area contributed by atoms with Crippen LogP contribution >= 0.6 is 11.5 Å². The molecule has 1 aliphatic heterocycles. The second-order valence-electron chi connectivity index (χ2n) is 12.8. The van der Waals surface area contributed by atoms with Crippen molar-refractivity contribution in [3.63, 3.8) is 0 Å². The number of amides is 1. The topological polar surface area (TPSA) is 123 Å². The first kappa shape index (κ1) is 32.0. The van der Waals surface area contributed by atoms with E-state index in [0.29, 0.717) is 29.5 Å². The summed E-state index contributed by atoms with van der Waals surface area (Å²) in [5.74, 6) is -0.450. The molecule has 2 atom stereocenters. The Hall–Kier alpha value is -4.00. The van der Waals surface area contributed by atoms with E-state index >= 15 is 0 Å². The van der Waals surface area contributed by atoms with Crippen molar-refractivity contribution in [3.8, 4) is 0 Å². The lowest BCUT2D eigenvalue weighted by Crippen LogP contribution is -2.37. The molecule has 240 valence electrons. The van der Waals surface area contributed by atoms with E-state index in [-0.39, 0.29) is 18.4 Å². The zero-order chi connectivity index (χ0) is 32.8. The molecule has 3 heterocycles. The largest absolute Gasteiger partial charge is 0.300 e. The number of nitrogens with zero attached hydrogens (tertiary/aromatic N) is 6. The minimum absolute atomic E-state index is 0.156. The lowest BCUT2D eigenvalue weighted by molar-refractivity contribution is -0.124. The Balaban J connectivity index is 1.46. The van der Waals surface area contributed by atoms with Crippen LogP contribution in [-0.4, -0.2) is 49.5 Å². The second-order valence-corrected chi connectivity index (χ2v) is 15.5. The van der Waals surface area contributed by atoms with Gasteiger partial charge in [-0.3, -0.25) is 4.79 Å². The van der Waals surface area contributed by atoms with Crippen molar-refractivity contribution in [3.05, 3.63) is 94.3 Å². The van der Waals surface area contributed by atoms with Crippen molar-refractivity contribution in [1.29, 1.82) is 0 Å². The van der Waals surface area contributed by atoms with Gasteiger partial charge in [-0.15, -0.1) is 5.10 Å². The molecule has 0 spiro atoms. The summed E-state index contributed by atoms with van der Waals surface area (Å²) in [5, 5.41) is 12.2. The van der Waals surface area contributed by atoms with Gasteiger partial charge in [0.2, 0.25) is 21.1 Å². The van der Waals surface area contributed by atoms with E-state index in [4.69, 9.17) is 0 Å². The Bertz CT molecular complexity index is 2020. The number of hydrogen-bond acceptors (Lipinski definition) is 8. The molecule has 0 unspecified atom stereocenters. The zero-order valence-corrected chi connectivity index (χ0v) is 28.6. The molecule has 0 fully saturated rings. The van der Waals surface area contributed by atoms with E-state index in [1.807, 2.05) is 69.6 Å². The minimum Gasteiger partial charge on any atom is -0.300 e. The van der Waals surface area contributed by atoms with Gasteiger partial charge in [0, 0.05) is 37.1 Å². The Kier molecular flexibility index (Phi) is 8.55. The number of aromatic nitrogens is 5. The molecule has 0 bridgehead atoms. The Labute approximate surface area is 274 Å². The highest BCUT2D eigenvalue weighted by atomic mass is 32.2. The van der Waals surface area contributed by atoms with Gasteiger partial charge in [-0.1, -0.05) is 68.4 Å². The highest BCUT2D eigenvalue weighted by molar-refractivity contribution is 7.89. The summed E-state index contributed by atoms with van der Waals surface area (Å²) in [7, 11) is -3.71. The molecule has 0 saturated carbocycles. The van der Waals surface area contributed by atoms with Gasteiger partial charge in [0.25, 0.3) is 0 Å². The Morgan fingerprint density at radius 2 is 1.91 bits per heavy atom. The number of aryl methyl sites for hydroxylation is 3. The average molecular weight is 658 g/mol. The number of carbonyl (C=O) groups excluding carboxylic acids is 1. The molecule has 0 saturated heterocycles. The van der Waals surface area contributed by atoms with Crippen molar-refractivity contribution in [2.75, 3.05) is 11.9 Å². The van der Waals surface area contributed by atoms with Crippen LogP contribution in [0.2, 0.25) is 0 Å². The van der Waals surface area contributed by atoms with Crippen LogP contribution in [0.5, 0.6) is 0 Å². The highest BCUT2D eigenvalue weighted by Gasteiger charge is 2.41. The standard InChI is InChI=1S/C34H39N7O3S2/c1-7-41-28-15-14-27(23(4)31(28)38-39-41)30(34(5,6)32(42)37-33-35-20-36-45-33)25-13-12-22(3)26(17-25)19-40-18-21(2)16-24-10-8-9-11-29(24)46(40,43)44/h8-15,17,20-21,30H,7,16,18-19H2,1-6H3,(H,35,36,37,42)/t21-,30-/m0/s1. The maximum atomic E-state index is 14.0. The highest BCUT2D eigenvalue weighted by Crippen LogP contribution is 2.45. The number of benzene rings is 3. The summed E-state index contributed by atoms with van der Waals surface area (Å²) in [4.78, 5) is 18.5. The third kappa shape index (κ3) is 5.73. The summed E-state index contributed by atoms with van der Waals surface area (Å²) < 4.78 is 35.4. The van der Waals surface area contributed by atoms with Crippen LogP contribution in [0.3, 0.4) is 0 Å². The summed E-state index contributed by atoms with van der Waals surface area (Å²) in [6.45, 7) is 13.3. The number of rotatable bonds is 8. The first-order valence-corrected chi connectivity index (χ1v) is 17.7. The second kappa shape index (κ2) is 12.3. The van der Waals surface area contributed by atoms with Crippen LogP contribution in [-0.2, 0) is 34.3 Å². The number of anilines is 1. The van der Waals surface area contributed by atoms with Gasteiger partial charge in [0.15, 0.2) is 0 Å². The number of carbonyl (C=O) groups is 1. The number of sulfonamides is 1. The zero-order valence-electron chi connectivity index (χ0n) is 27.0. The van der Waals surface area contributed by atoms with Crippen LogP contribution in [0, 0.1) is 25.2 Å². The van der Waals surface area contributed by atoms with Gasteiger partial charge in [0.05, 0.1) is 15.8 Å². The SMILES string of the molecule is CCn1nnc2c(C)c([C@H](c3ccc(C)c(CN4C[C@@H](C)Cc5ccccc5S4(=O)=O)c3)C(C)(C)C(=O)Nc3ncns3)ccc21. The van der Waals surface area contributed by atoms with Crippen LogP contribution in [0.25, 0.3) is 11.0 Å². The normalized spacial score (nSPS) is 17.4. The van der Waals surface area contributed by atoms with Gasteiger partial charge in [-0.2, -0.15) is 8.68 Å². The molecule has 0 aliphatic carbocycles. The lowest BCUT2D eigenvalue weighted by Gasteiger charge is -2.35. The third-order valence-corrected chi connectivity index (χ3v) is 11.7. The van der Waals surface area contributed by atoms with Gasteiger partial charge in [-0.05, 0) is 78.6 Å². The molecule has 6 rings (SSSR count). The van der Waals surface area contributed by atoms with Gasteiger partial charge >= 0.3 is 0 Å². The van der Waals surface area contributed by atoms with Gasteiger partial charge in [0.1, 0.15) is 11.8 Å². The molecular formula is C34H39N7O3S2. The maximum Gasteiger partial charge on any atom is 0.243 e. The summed E-state index contributed by atoms with van der Waals surface area (Å²) in [6.07, 6.45) is 2.12. The predicted molar refractivity (Wildman–Crippen MR) is 180 cm³/mol. The predicted octanol–water partition coefficient (Wildman–Crippen LogP) is 6.10. The third-order valence-electron chi connectivity index (χ3n) is 9.21. The van der Waals surface area contributed by atoms with Crippen LogP contribution in [0.15, 0.2) is 65.8 Å². The molecule has 5 aromatic rings. The van der Waals surface area contributed by atoms with E-state index < -0.39 is 21.4 Å². The fraction of sp³-hybridized carbons (Fsp3) is 0.382. The molecule has 2 aromatic heterocycles. The van der Waals surface area contributed by atoms with E-state index in [0.717, 1.165) is 55.9 Å². The molecule has 12 heteroatoms. The van der Waals surface area contributed by atoms with Crippen LogP contribution in [0.1, 0.15) is 67.0 Å². The van der Waals surface area contributed by atoms with Gasteiger partial charge < -0.3 is 5.32 Å². The van der Waals surface area contributed by atoms with Crippen molar-refractivity contribution >= 4 is 43.6 Å². The first-order chi connectivity index (χ1) is 21.9. The first-order valence-electron chi connectivity index (χ1n) is 15.5. The van der Waals surface area contributed by atoms with Crippen molar-refractivity contribution in [2.24, 2.45) is 11.3 Å². The Morgan fingerprint density at radius 3 is 2.65 bits per heavy atom. The average Bonchev–Trinajstić information content (AvgIpc) is 3.68. The van der Waals surface area contributed by atoms with Gasteiger partial charge in [-0.25, -0.2) is 18.1 Å². The fourth-order valence-corrected chi connectivity index (χ4v) is 8.86. The van der Waals surface area contributed by atoms with Crippen molar-refractivity contribution in [1.82, 2.24) is 28.7 Å². The van der Waals surface area contributed by atoms with Crippen LogP contribution < -0.4 is 5.32 Å². The monoisotopic (exact) mass is 657 g/mol. The molecular weight excluding hydrogens is 619 g/mol. The molecule has 46 heavy (non-hydrogen) atoms. The van der Waals surface area contributed by atoms with E-state index in [9.17, 15) is 13.2 Å². The Morgan fingerprint density at radius 1 is 1.13 bits per heavy atom.